The van der Waals surface area contributed by atoms with E-state index in [1.165, 1.54) is 23.5 Å². The number of phenols is 1. The fourth-order valence-corrected chi connectivity index (χ4v) is 2.76. The smallest absolute Gasteiger partial charge is 0.270 e. The number of nitro groups is 1. The highest BCUT2D eigenvalue weighted by molar-refractivity contribution is 7.13. The second-order valence-electron chi connectivity index (χ2n) is 4.39. The van der Waals surface area contributed by atoms with E-state index in [9.17, 15) is 15.2 Å². The zero-order valence-electron chi connectivity index (χ0n) is 10.8. The van der Waals surface area contributed by atoms with Crippen LogP contribution in [-0.2, 0) is 0 Å². The van der Waals surface area contributed by atoms with Crippen LogP contribution in [0.3, 0.4) is 0 Å². The van der Waals surface area contributed by atoms with E-state index in [4.69, 9.17) is 0 Å². The normalized spacial score (nSPS) is 10.5. The molecule has 1 N–H and O–H groups in total. The fourth-order valence-electron chi connectivity index (χ4n) is 1.92. The number of nitrogens with zero attached hydrogens (tertiary/aromatic N) is 2. The molecule has 0 atom stereocenters. The molecule has 0 saturated carbocycles. The van der Waals surface area contributed by atoms with Crippen LogP contribution in [0.15, 0.2) is 53.9 Å². The minimum absolute atomic E-state index is 0.0479. The van der Waals surface area contributed by atoms with Gasteiger partial charge in [0.15, 0.2) is 0 Å². The molecule has 6 heteroatoms. The Kier molecular flexibility index (Phi) is 3.37. The van der Waals surface area contributed by atoms with Gasteiger partial charge in [-0.25, -0.2) is 4.98 Å². The summed E-state index contributed by atoms with van der Waals surface area (Å²) in [7, 11) is 0. The molecule has 0 saturated heterocycles. The molecule has 2 aromatic carbocycles. The lowest BCUT2D eigenvalue weighted by Crippen LogP contribution is -1.88. The Morgan fingerprint density at radius 2 is 1.86 bits per heavy atom. The molecule has 104 valence electrons. The summed E-state index contributed by atoms with van der Waals surface area (Å²) >= 11 is 1.45. The molecule has 0 amide bonds. The van der Waals surface area contributed by atoms with E-state index in [1.54, 1.807) is 36.4 Å². The molecule has 0 unspecified atom stereocenters. The molecule has 0 aliphatic carbocycles. The van der Waals surface area contributed by atoms with Crippen molar-refractivity contribution in [2.75, 3.05) is 0 Å². The van der Waals surface area contributed by atoms with Crippen molar-refractivity contribution in [2.24, 2.45) is 0 Å². The summed E-state index contributed by atoms with van der Waals surface area (Å²) in [5.74, 6) is 0.203. The molecule has 0 bridgehead atoms. The first-order chi connectivity index (χ1) is 10.1. The Bertz CT molecular complexity index is 797. The van der Waals surface area contributed by atoms with Crippen molar-refractivity contribution < 1.29 is 10.0 Å². The van der Waals surface area contributed by atoms with Gasteiger partial charge >= 0.3 is 0 Å². The van der Waals surface area contributed by atoms with Crippen molar-refractivity contribution in [3.8, 4) is 27.6 Å². The number of aromatic hydroxyl groups is 1. The van der Waals surface area contributed by atoms with Gasteiger partial charge < -0.3 is 5.11 Å². The molecule has 0 fully saturated rings. The number of non-ortho nitro benzene ring substituents is 1. The van der Waals surface area contributed by atoms with Crippen LogP contribution in [0.4, 0.5) is 5.69 Å². The van der Waals surface area contributed by atoms with Crippen LogP contribution in [-0.4, -0.2) is 15.0 Å². The molecular weight excluding hydrogens is 288 g/mol. The van der Waals surface area contributed by atoms with Gasteiger partial charge in [0.25, 0.3) is 5.69 Å². The van der Waals surface area contributed by atoms with Crippen molar-refractivity contribution in [1.29, 1.82) is 0 Å². The van der Waals surface area contributed by atoms with E-state index >= 15 is 0 Å². The van der Waals surface area contributed by atoms with Crippen LogP contribution < -0.4 is 0 Å². The number of phenolic OH excluding ortho intramolecular Hbond substituents is 1. The molecule has 3 rings (SSSR count). The first-order valence-electron chi connectivity index (χ1n) is 6.13. The van der Waals surface area contributed by atoms with Gasteiger partial charge in [-0.15, -0.1) is 11.3 Å². The van der Waals surface area contributed by atoms with E-state index in [-0.39, 0.29) is 11.4 Å². The third-order valence-electron chi connectivity index (χ3n) is 2.97. The largest absolute Gasteiger partial charge is 0.508 e. The van der Waals surface area contributed by atoms with Gasteiger partial charge in [0.1, 0.15) is 10.8 Å². The zero-order chi connectivity index (χ0) is 14.8. The summed E-state index contributed by atoms with van der Waals surface area (Å²) in [6.45, 7) is 0. The Morgan fingerprint density at radius 3 is 2.57 bits per heavy atom. The van der Waals surface area contributed by atoms with Crippen molar-refractivity contribution in [1.82, 2.24) is 4.98 Å². The molecule has 5 nitrogen and oxygen atoms in total. The number of hydrogen-bond donors (Lipinski definition) is 1. The zero-order valence-corrected chi connectivity index (χ0v) is 11.6. The summed E-state index contributed by atoms with van der Waals surface area (Å²) in [5.41, 5.74) is 2.36. The number of hydrogen-bond acceptors (Lipinski definition) is 5. The molecule has 0 aliphatic rings. The maximum Gasteiger partial charge on any atom is 0.270 e. The molecule has 3 aromatic rings. The van der Waals surface area contributed by atoms with Gasteiger partial charge in [0, 0.05) is 28.6 Å². The number of rotatable bonds is 3. The third kappa shape index (κ3) is 2.75. The van der Waals surface area contributed by atoms with E-state index in [0.717, 1.165) is 10.6 Å². The lowest BCUT2D eigenvalue weighted by molar-refractivity contribution is -0.384. The topological polar surface area (TPSA) is 76.3 Å². The molecule has 0 radical (unpaired) electrons. The molecule has 0 spiro atoms. The molecule has 1 aromatic heterocycles. The minimum Gasteiger partial charge on any atom is -0.508 e. The molecule has 0 aliphatic heterocycles. The number of benzene rings is 2. The Morgan fingerprint density at radius 1 is 1.10 bits per heavy atom. The summed E-state index contributed by atoms with van der Waals surface area (Å²) in [6, 6.07) is 13.2. The van der Waals surface area contributed by atoms with Gasteiger partial charge in [-0.05, 0) is 24.3 Å². The van der Waals surface area contributed by atoms with Crippen LogP contribution >= 0.6 is 11.3 Å². The molecular formula is C15H10N2O3S. The third-order valence-corrected chi connectivity index (χ3v) is 3.86. The quantitative estimate of drug-likeness (QED) is 0.583. The Balaban J connectivity index is 1.96. The summed E-state index contributed by atoms with van der Waals surface area (Å²) in [6.07, 6.45) is 0. The van der Waals surface area contributed by atoms with Crippen molar-refractivity contribution >= 4 is 17.0 Å². The van der Waals surface area contributed by atoms with E-state index < -0.39 is 4.92 Å². The first kappa shape index (κ1) is 13.3. The minimum atomic E-state index is -0.420. The summed E-state index contributed by atoms with van der Waals surface area (Å²) < 4.78 is 0. The maximum atomic E-state index is 10.8. The van der Waals surface area contributed by atoms with Gasteiger partial charge in [-0.3, -0.25) is 10.1 Å². The first-order valence-corrected chi connectivity index (χ1v) is 7.01. The van der Waals surface area contributed by atoms with Crippen molar-refractivity contribution in [2.45, 2.75) is 0 Å². The molecule has 21 heavy (non-hydrogen) atoms. The van der Waals surface area contributed by atoms with Gasteiger partial charge in [-0.2, -0.15) is 0 Å². The monoisotopic (exact) mass is 298 g/mol. The number of thiazole rings is 1. The maximum absolute atomic E-state index is 10.8. The van der Waals surface area contributed by atoms with Crippen LogP contribution in [0.25, 0.3) is 21.8 Å². The van der Waals surface area contributed by atoms with Gasteiger partial charge in [-0.1, -0.05) is 12.1 Å². The second kappa shape index (κ2) is 5.34. The predicted octanol–water partition coefficient (Wildman–Crippen LogP) is 4.09. The lowest BCUT2D eigenvalue weighted by atomic mass is 10.1. The van der Waals surface area contributed by atoms with Crippen molar-refractivity contribution in [3.63, 3.8) is 0 Å². The highest BCUT2D eigenvalue weighted by Gasteiger charge is 2.10. The Hall–Kier alpha value is -2.73. The average molecular weight is 298 g/mol. The van der Waals surface area contributed by atoms with Crippen LogP contribution in [0.1, 0.15) is 0 Å². The molecule has 1 heterocycles. The highest BCUT2D eigenvalue weighted by atomic mass is 32.1. The van der Waals surface area contributed by atoms with Crippen molar-refractivity contribution in [3.05, 3.63) is 64.0 Å². The van der Waals surface area contributed by atoms with E-state index in [1.807, 2.05) is 5.38 Å². The van der Waals surface area contributed by atoms with Gasteiger partial charge in [0.2, 0.25) is 0 Å². The summed E-state index contributed by atoms with van der Waals surface area (Å²) in [5, 5.41) is 22.8. The second-order valence-corrected chi connectivity index (χ2v) is 5.25. The lowest BCUT2D eigenvalue weighted by Gasteiger charge is -1.98. The van der Waals surface area contributed by atoms with Crippen LogP contribution in [0, 0.1) is 10.1 Å². The van der Waals surface area contributed by atoms with Crippen LogP contribution in [0.5, 0.6) is 5.75 Å². The fraction of sp³-hybridized carbons (Fsp3) is 0. The highest BCUT2D eigenvalue weighted by Crippen LogP contribution is 2.30. The van der Waals surface area contributed by atoms with Gasteiger partial charge in [0.05, 0.1) is 10.6 Å². The van der Waals surface area contributed by atoms with E-state index in [0.29, 0.717) is 11.3 Å². The number of nitro benzene ring substituents is 1. The summed E-state index contributed by atoms with van der Waals surface area (Å²) in [4.78, 5) is 14.9. The average Bonchev–Trinajstić information content (AvgIpc) is 2.98. The van der Waals surface area contributed by atoms with Crippen LogP contribution in [0.2, 0.25) is 0 Å². The van der Waals surface area contributed by atoms with E-state index in [2.05, 4.69) is 4.98 Å². The SMILES string of the molecule is O=[N+]([O-])c1cccc(-c2csc(-c3ccc(O)cc3)n2)c1. The predicted molar refractivity (Wildman–Crippen MR) is 81.3 cm³/mol. The number of aromatic nitrogens is 1. The standard InChI is InChI=1S/C15H10N2O3S/c18-13-6-4-10(5-7-13)15-16-14(9-21-15)11-2-1-3-12(8-11)17(19)20/h1-9,18H. The Labute approximate surface area is 124 Å².